The largest absolute Gasteiger partial charge is 0.244 e. The van der Waals surface area contributed by atoms with Gasteiger partial charge in [-0.3, -0.25) is 0 Å². The number of benzene rings is 7. The zero-order valence-corrected chi connectivity index (χ0v) is 27.1. The number of hydrogen-bond donors (Lipinski definition) is 0. The van der Waals surface area contributed by atoms with Gasteiger partial charge in [-0.2, -0.15) is 0 Å². The summed E-state index contributed by atoms with van der Waals surface area (Å²) in [6.45, 7) is 0.0336. The first-order chi connectivity index (χ1) is 24.8. The van der Waals surface area contributed by atoms with Gasteiger partial charge in [-0.1, -0.05) is 186 Å². The van der Waals surface area contributed by atoms with E-state index >= 15 is 0 Å². The Morgan fingerprint density at radius 1 is 0.320 bits per heavy atom. The molecule has 0 amide bonds. The Labute approximate surface area is 291 Å². The van der Waals surface area contributed by atoms with E-state index in [9.17, 15) is 0 Å². The Balaban J connectivity index is 1.21. The molecule has 11 rings (SSSR count). The van der Waals surface area contributed by atoms with Crippen LogP contribution in [0.2, 0.25) is 0 Å². The minimum atomic E-state index is -0.415. The third kappa shape index (κ3) is 3.57. The normalized spacial score (nSPS) is 13.7. The van der Waals surface area contributed by atoms with Crippen LogP contribution in [0.25, 0.3) is 56.4 Å². The van der Waals surface area contributed by atoms with Gasteiger partial charge < -0.3 is 0 Å². The van der Waals surface area contributed by atoms with E-state index in [4.69, 9.17) is 15.0 Å². The summed E-state index contributed by atoms with van der Waals surface area (Å²) in [6, 6.07) is 61.3. The first-order valence-electron chi connectivity index (χ1n) is 17.2. The minimum Gasteiger partial charge on any atom is -0.208 e. The van der Waals surface area contributed by atoms with Gasteiger partial charge in [-0.25, -0.2) is 15.0 Å². The molecule has 0 saturated carbocycles. The van der Waals surface area contributed by atoms with Crippen LogP contribution in [0, 0.1) is 0 Å². The van der Waals surface area contributed by atoms with Crippen LogP contribution in [0.1, 0.15) is 22.3 Å². The highest BCUT2D eigenvalue weighted by Crippen LogP contribution is 2.57. The molecule has 4 heteroatoms. The molecule has 1 aliphatic carbocycles. The SMILES string of the molecule is c1ccc(-c2nc(-c3ccccc3)nc(-c3cccc4c3B3c5ccccc5C5(c6ccccc6-c6ccccc65)c5cccc-4c53)n2)cc1. The van der Waals surface area contributed by atoms with Gasteiger partial charge >= 0.3 is 0 Å². The Kier molecular flexibility index (Phi) is 5.68. The van der Waals surface area contributed by atoms with Crippen molar-refractivity contribution in [2.24, 2.45) is 0 Å². The van der Waals surface area contributed by atoms with Gasteiger partial charge in [0.15, 0.2) is 17.5 Å². The molecule has 0 N–H and O–H groups in total. The van der Waals surface area contributed by atoms with E-state index < -0.39 is 5.41 Å². The van der Waals surface area contributed by atoms with Gasteiger partial charge in [0.1, 0.15) is 0 Å². The number of aromatic nitrogens is 3. The topological polar surface area (TPSA) is 38.7 Å². The fraction of sp³-hybridized carbons (Fsp3) is 0.0217. The predicted molar refractivity (Wildman–Crippen MR) is 204 cm³/mol. The maximum atomic E-state index is 5.21. The molecule has 8 aromatic rings. The molecule has 3 aliphatic rings. The predicted octanol–water partition coefficient (Wildman–Crippen LogP) is 8.05. The smallest absolute Gasteiger partial charge is 0.208 e. The van der Waals surface area contributed by atoms with Crippen molar-refractivity contribution in [3.63, 3.8) is 0 Å². The second kappa shape index (κ2) is 10.3. The number of nitrogens with zero attached hydrogens (tertiary/aromatic N) is 3. The molecule has 1 spiro atoms. The lowest BCUT2D eigenvalue weighted by Crippen LogP contribution is -2.60. The van der Waals surface area contributed by atoms with Gasteiger partial charge in [0.2, 0.25) is 6.71 Å². The standard InChI is InChI=1S/C46H28BN3/c1-3-15-29(16-4-1)43-48-44(30-17-5-2-6-18-30)50-45(49-43)35-23-13-21-33-34-22-14-27-39-42(34)47(41(33)35)40-28-12-11-26-38(40)46(39)36-24-9-7-19-31(36)32-20-8-10-25-37(32)46/h1-28H. The summed E-state index contributed by atoms with van der Waals surface area (Å²) in [5, 5.41) is 0. The van der Waals surface area contributed by atoms with Gasteiger partial charge in [0, 0.05) is 16.7 Å². The molecular weight excluding hydrogens is 605 g/mol. The van der Waals surface area contributed by atoms with E-state index in [2.05, 4.69) is 133 Å². The molecule has 2 aliphatic heterocycles. The van der Waals surface area contributed by atoms with E-state index in [-0.39, 0.29) is 6.71 Å². The van der Waals surface area contributed by atoms with Crippen LogP contribution in [0.4, 0.5) is 0 Å². The van der Waals surface area contributed by atoms with Gasteiger partial charge in [0.25, 0.3) is 0 Å². The van der Waals surface area contributed by atoms with Crippen LogP contribution in [0.3, 0.4) is 0 Å². The van der Waals surface area contributed by atoms with Gasteiger partial charge in [-0.05, 0) is 44.5 Å². The molecule has 1 aromatic heterocycles. The van der Waals surface area contributed by atoms with Crippen molar-refractivity contribution < 1.29 is 0 Å². The van der Waals surface area contributed by atoms with Gasteiger partial charge in [-0.15, -0.1) is 0 Å². The lowest BCUT2D eigenvalue weighted by molar-refractivity contribution is 0.775. The molecular formula is C46H28BN3. The zero-order valence-electron chi connectivity index (χ0n) is 27.1. The second-order valence-corrected chi connectivity index (χ2v) is 13.4. The van der Waals surface area contributed by atoms with E-state index in [0.717, 1.165) is 16.7 Å². The summed E-state index contributed by atoms with van der Waals surface area (Å²) in [7, 11) is 0. The Morgan fingerprint density at radius 3 is 1.40 bits per heavy atom. The van der Waals surface area contributed by atoms with Crippen LogP contribution < -0.4 is 16.4 Å². The molecule has 0 bridgehead atoms. The number of fused-ring (bicyclic) bond motifs is 12. The first-order valence-corrected chi connectivity index (χ1v) is 17.2. The summed E-state index contributed by atoms with van der Waals surface area (Å²) in [5.41, 5.74) is 17.2. The molecule has 0 saturated heterocycles. The van der Waals surface area contributed by atoms with E-state index in [1.165, 1.54) is 60.9 Å². The average Bonchev–Trinajstić information content (AvgIpc) is 3.69. The summed E-state index contributed by atoms with van der Waals surface area (Å²) in [4.78, 5) is 15.4. The van der Waals surface area contributed by atoms with E-state index in [0.29, 0.717) is 17.5 Å². The molecule has 0 radical (unpaired) electrons. The molecule has 0 atom stereocenters. The lowest BCUT2D eigenvalue weighted by atomic mass is 9.32. The van der Waals surface area contributed by atoms with Crippen molar-refractivity contribution in [1.82, 2.24) is 15.0 Å². The Bertz CT molecular complexity index is 2560. The van der Waals surface area contributed by atoms with Crippen LogP contribution in [-0.2, 0) is 5.41 Å². The highest BCUT2D eigenvalue weighted by atomic mass is 15.0. The summed E-state index contributed by atoms with van der Waals surface area (Å²) >= 11 is 0. The third-order valence-electron chi connectivity index (χ3n) is 11.1. The molecule has 3 heterocycles. The molecule has 230 valence electrons. The van der Waals surface area contributed by atoms with Gasteiger partial charge in [0.05, 0.1) is 5.41 Å². The maximum Gasteiger partial charge on any atom is 0.244 e. The Morgan fingerprint density at radius 2 is 0.760 bits per heavy atom. The molecule has 7 aromatic carbocycles. The quantitative estimate of drug-likeness (QED) is 0.185. The fourth-order valence-electron chi connectivity index (χ4n) is 9.18. The third-order valence-corrected chi connectivity index (χ3v) is 11.1. The van der Waals surface area contributed by atoms with E-state index in [1.54, 1.807) is 0 Å². The minimum absolute atomic E-state index is 0.0336. The monoisotopic (exact) mass is 633 g/mol. The molecule has 0 fully saturated rings. The van der Waals surface area contributed by atoms with Crippen molar-refractivity contribution in [3.05, 3.63) is 192 Å². The lowest BCUT2D eigenvalue weighted by Gasteiger charge is -2.42. The van der Waals surface area contributed by atoms with Crippen LogP contribution in [0.5, 0.6) is 0 Å². The highest BCUT2D eigenvalue weighted by molar-refractivity contribution is 7.00. The maximum absolute atomic E-state index is 5.21. The Hall–Kier alpha value is -6.39. The molecule has 50 heavy (non-hydrogen) atoms. The summed E-state index contributed by atoms with van der Waals surface area (Å²) < 4.78 is 0. The first kappa shape index (κ1) is 27.6. The van der Waals surface area contributed by atoms with Crippen molar-refractivity contribution in [2.75, 3.05) is 0 Å². The van der Waals surface area contributed by atoms with E-state index in [1.807, 2.05) is 36.4 Å². The zero-order chi connectivity index (χ0) is 32.8. The second-order valence-electron chi connectivity index (χ2n) is 13.4. The number of hydrogen-bond acceptors (Lipinski definition) is 3. The van der Waals surface area contributed by atoms with Crippen molar-refractivity contribution in [3.8, 4) is 56.4 Å². The molecule has 3 nitrogen and oxygen atoms in total. The highest BCUT2D eigenvalue weighted by Gasteiger charge is 2.54. The van der Waals surface area contributed by atoms with Crippen molar-refractivity contribution in [1.29, 1.82) is 0 Å². The number of rotatable bonds is 3. The summed E-state index contributed by atoms with van der Waals surface area (Å²) in [5.74, 6) is 2.04. The molecule has 0 unspecified atom stereocenters. The van der Waals surface area contributed by atoms with Crippen LogP contribution in [0.15, 0.2) is 170 Å². The van der Waals surface area contributed by atoms with Crippen LogP contribution in [-0.4, -0.2) is 21.7 Å². The van der Waals surface area contributed by atoms with Crippen molar-refractivity contribution >= 4 is 23.1 Å². The fourth-order valence-corrected chi connectivity index (χ4v) is 9.18. The summed E-state index contributed by atoms with van der Waals surface area (Å²) in [6.07, 6.45) is 0. The van der Waals surface area contributed by atoms with Crippen LogP contribution >= 0.6 is 0 Å². The average molecular weight is 634 g/mol. The van der Waals surface area contributed by atoms with Crippen molar-refractivity contribution in [2.45, 2.75) is 5.41 Å².